The van der Waals surface area contributed by atoms with Crippen LogP contribution in [-0.4, -0.2) is 26.0 Å². The average molecular weight is 368 g/mol. The fourth-order valence-electron chi connectivity index (χ4n) is 2.50. The molecule has 4 rings (SSSR count). The second kappa shape index (κ2) is 6.86. The Labute approximate surface area is 153 Å². The van der Waals surface area contributed by atoms with E-state index in [-0.39, 0.29) is 0 Å². The first kappa shape index (κ1) is 16.1. The minimum atomic E-state index is 0.568. The summed E-state index contributed by atoms with van der Waals surface area (Å²) in [6, 6.07) is 12.7. The Morgan fingerprint density at radius 2 is 2.12 bits per heavy atom. The van der Waals surface area contributed by atoms with Gasteiger partial charge in [0.1, 0.15) is 6.07 Å². The first-order valence-electron chi connectivity index (χ1n) is 8.01. The highest BCUT2D eigenvalue weighted by Crippen LogP contribution is 2.33. The summed E-state index contributed by atoms with van der Waals surface area (Å²) in [5.41, 5.74) is 3.23. The van der Waals surface area contributed by atoms with E-state index in [0.717, 1.165) is 26.5 Å². The molecule has 1 aliphatic carbocycles. The van der Waals surface area contributed by atoms with Gasteiger partial charge < -0.3 is 5.32 Å². The van der Waals surface area contributed by atoms with Gasteiger partial charge in [0.05, 0.1) is 22.6 Å². The molecule has 0 radical (unpaired) electrons. The van der Waals surface area contributed by atoms with Crippen LogP contribution in [0.15, 0.2) is 34.7 Å². The number of hydrogen-bond donors (Lipinski definition) is 1. The first-order chi connectivity index (χ1) is 12.2. The Morgan fingerprint density at radius 1 is 1.32 bits per heavy atom. The molecule has 2 heterocycles. The van der Waals surface area contributed by atoms with Crippen LogP contribution >= 0.6 is 23.1 Å². The maximum absolute atomic E-state index is 9.52. The summed E-state index contributed by atoms with van der Waals surface area (Å²) in [4.78, 5) is 0. The molecule has 8 heteroatoms. The van der Waals surface area contributed by atoms with Crippen LogP contribution in [0.5, 0.6) is 0 Å². The van der Waals surface area contributed by atoms with E-state index in [0.29, 0.717) is 17.4 Å². The van der Waals surface area contributed by atoms with Gasteiger partial charge in [0.2, 0.25) is 5.13 Å². The maximum atomic E-state index is 9.52. The van der Waals surface area contributed by atoms with Gasteiger partial charge in [-0.15, -0.1) is 10.2 Å². The minimum Gasteiger partial charge on any atom is -0.357 e. The van der Waals surface area contributed by atoms with Crippen molar-refractivity contribution < 1.29 is 0 Å². The number of rotatable bonds is 6. The largest absolute Gasteiger partial charge is 0.357 e. The van der Waals surface area contributed by atoms with Crippen molar-refractivity contribution >= 4 is 28.2 Å². The number of aryl methyl sites for hydroxylation is 1. The number of benzene rings is 1. The van der Waals surface area contributed by atoms with Crippen molar-refractivity contribution in [1.29, 1.82) is 5.26 Å². The van der Waals surface area contributed by atoms with E-state index in [1.54, 1.807) is 23.1 Å². The lowest BCUT2D eigenvalue weighted by atomic mass is 10.2. The molecule has 25 heavy (non-hydrogen) atoms. The monoisotopic (exact) mass is 368 g/mol. The number of nitrogens with one attached hydrogen (secondary N) is 1. The van der Waals surface area contributed by atoms with Crippen molar-refractivity contribution in [3.63, 3.8) is 0 Å². The van der Waals surface area contributed by atoms with Gasteiger partial charge in [0.15, 0.2) is 4.34 Å². The molecule has 1 aliphatic rings. The van der Waals surface area contributed by atoms with Gasteiger partial charge >= 0.3 is 0 Å². The number of nitriles is 1. The van der Waals surface area contributed by atoms with E-state index in [4.69, 9.17) is 0 Å². The zero-order chi connectivity index (χ0) is 17.2. The summed E-state index contributed by atoms with van der Waals surface area (Å²) in [5, 5.41) is 26.7. The van der Waals surface area contributed by atoms with Crippen LogP contribution in [0.2, 0.25) is 0 Å². The summed E-state index contributed by atoms with van der Waals surface area (Å²) in [7, 11) is 0. The third-order valence-corrected chi connectivity index (χ3v) is 5.91. The van der Waals surface area contributed by atoms with Crippen LogP contribution in [0.25, 0.3) is 5.69 Å². The molecule has 1 aromatic carbocycles. The summed E-state index contributed by atoms with van der Waals surface area (Å²) in [6.07, 6.45) is 2.42. The summed E-state index contributed by atoms with van der Waals surface area (Å²) in [6.45, 7) is 1.87. The third-order valence-electron chi connectivity index (χ3n) is 3.91. The Hall–Kier alpha value is -2.37. The molecular formula is C17H16N6S2. The fourth-order valence-corrected chi connectivity index (χ4v) is 4.32. The van der Waals surface area contributed by atoms with Crippen LogP contribution in [0.1, 0.15) is 29.8 Å². The lowest BCUT2D eigenvalue weighted by Crippen LogP contribution is -2.01. The molecule has 0 saturated heterocycles. The summed E-state index contributed by atoms with van der Waals surface area (Å²) < 4.78 is 2.75. The Balaban J connectivity index is 1.56. The second-order valence-electron chi connectivity index (χ2n) is 5.85. The molecule has 0 aliphatic heterocycles. The van der Waals surface area contributed by atoms with E-state index < -0.39 is 0 Å². The van der Waals surface area contributed by atoms with Gasteiger partial charge in [0.25, 0.3) is 0 Å². The molecule has 0 atom stereocenters. The minimum absolute atomic E-state index is 0.568. The van der Waals surface area contributed by atoms with E-state index in [9.17, 15) is 5.26 Å². The summed E-state index contributed by atoms with van der Waals surface area (Å²) in [5.74, 6) is 0.622. The number of aromatic nitrogens is 4. The predicted octanol–water partition coefficient (Wildman–Crippen LogP) is 3.77. The van der Waals surface area contributed by atoms with Crippen molar-refractivity contribution in [3.05, 3.63) is 47.3 Å². The molecular weight excluding hydrogens is 352 g/mol. The molecule has 1 N–H and O–H groups in total. The van der Waals surface area contributed by atoms with E-state index in [1.807, 2.05) is 41.9 Å². The molecule has 0 bridgehead atoms. The topological polar surface area (TPSA) is 79.4 Å². The number of nitrogens with zero attached hydrogens (tertiary/aromatic N) is 5. The van der Waals surface area contributed by atoms with Gasteiger partial charge in [-0.3, -0.25) is 0 Å². The highest BCUT2D eigenvalue weighted by molar-refractivity contribution is 8.00. The Bertz CT molecular complexity index is 921. The summed E-state index contributed by atoms with van der Waals surface area (Å²) >= 11 is 3.15. The number of anilines is 1. The lowest BCUT2D eigenvalue weighted by Gasteiger charge is -2.06. The van der Waals surface area contributed by atoms with Crippen LogP contribution in [0.3, 0.4) is 0 Å². The SMILES string of the molecule is Cc1nn(-c2ccccc2)c(CSc2nnc(NC3CC3)s2)c1C#N. The molecule has 0 amide bonds. The van der Waals surface area contributed by atoms with Gasteiger partial charge in [-0.1, -0.05) is 41.3 Å². The fraction of sp³-hybridized carbons (Fsp3) is 0.294. The molecule has 0 unspecified atom stereocenters. The highest BCUT2D eigenvalue weighted by Gasteiger charge is 2.23. The zero-order valence-corrected chi connectivity index (χ0v) is 15.3. The maximum Gasteiger partial charge on any atom is 0.206 e. The molecule has 126 valence electrons. The molecule has 2 aromatic heterocycles. The molecule has 0 spiro atoms. The number of para-hydroxylation sites is 1. The van der Waals surface area contributed by atoms with E-state index >= 15 is 0 Å². The van der Waals surface area contributed by atoms with Crippen molar-refractivity contribution in [2.45, 2.75) is 35.9 Å². The third kappa shape index (κ3) is 3.52. The van der Waals surface area contributed by atoms with Crippen molar-refractivity contribution in [2.75, 3.05) is 5.32 Å². The number of thioether (sulfide) groups is 1. The van der Waals surface area contributed by atoms with Gasteiger partial charge in [0, 0.05) is 11.8 Å². The predicted molar refractivity (Wildman–Crippen MR) is 99.1 cm³/mol. The quantitative estimate of drug-likeness (QED) is 0.667. The molecule has 1 saturated carbocycles. The lowest BCUT2D eigenvalue weighted by molar-refractivity contribution is 0.828. The highest BCUT2D eigenvalue weighted by atomic mass is 32.2. The second-order valence-corrected chi connectivity index (χ2v) is 8.05. The van der Waals surface area contributed by atoms with Crippen molar-refractivity contribution in [3.8, 4) is 11.8 Å². The average Bonchev–Trinajstić information content (AvgIpc) is 3.23. The van der Waals surface area contributed by atoms with Crippen molar-refractivity contribution in [2.24, 2.45) is 0 Å². The first-order valence-corrected chi connectivity index (χ1v) is 9.81. The Kier molecular flexibility index (Phi) is 4.42. The van der Waals surface area contributed by atoms with Gasteiger partial charge in [-0.25, -0.2) is 4.68 Å². The number of hydrogen-bond acceptors (Lipinski definition) is 7. The van der Waals surface area contributed by atoms with Crippen LogP contribution < -0.4 is 5.32 Å². The molecule has 1 fully saturated rings. The zero-order valence-electron chi connectivity index (χ0n) is 13.6. The van der Waals surface area contributed by atoms with Crippen LogP contribution in [0, 0.1) is 18.3 Å². The van der Waals surface area contributed by atoms with Gasteiger partial charge in [-0.2, -0.15) is 10.4 Å². The Morgan fingerprint density at radius 3 is 2.84 bits per heavy atom. The normalized spacial score (nSPS) is 13.6. The van der Waals surface area contributed by atoms with Gasteiger partial charge in [-0.05, 0) is 31.9 Å². The molecule has 6 nitrogen and oxygen atoms in total. The van der Waals surface area contributed by atoms with Crippen LogP contribution in [-0.2, 0) is 5.75 Å². The van der Waals surface area contributed by atoms with Crippen molar-refractivity contribution in [1.82, 2.24) is 20.0 Å². The van der Waals surface area contributed by atoms with E-state index in [1.165, 1.54) is 12.8 Å². The van der Waals surface area contributed by atoms with Crippen LogP contribution in [0.4, 0.5) is 5.13 Å². The molecule has 3 aromatic rings. The standard InChI is InChI=1S/C17H16N6S2/c1-11-14(9-18)15(23(22-11)13-5-3-2-4-6-13)10-24-17-21-20-16(25-17)19-12-7-8-12/h2-6,12H,7-8,10H2,1H3,(H,19,20). The smallest absolute Gasteiger partial charge is 0.206 e. The van der Waals surface area contributed by atoms with E-state index in [2.05, 4.69) is 26.7 Å².